The Morgan fingerprint density at radius 1 is 1.03 bits per heavy atom. The first kappa shape index (κ1) is 22.2. The molecular formula is C26H24ClN3O2S. The van der Waals surface area contributed by atoms with Crippen molar-refractivity contribution in [3.8, 4) is 5.69 Å². The third kappa shape index (κ3) is 5.14. The van der Waals surface area contributed by atoms with Crippen molar-refractivity contribution < 1.29 is 4.74 Å². The third-order valence-electron chi connectivity index (χ3n) is 5.69. The Hall–Kier alpha value is -2.64. The second-order valence-corrected chi connectivity index (χ2v) is 9.48. The van der Waals surface area contributed by atoms with E-state index in [1.165, 1.54) is 5.56 Å². The molecule has 2 heterocycles. The van der Waals surface area contributed by atoms with E-state index in [4.69, 9.17) is 21.3 Å². The Balaban J connectivity index is 1.39. The lowest BCUT2D eigenvalue weighted by atomic mass is 10.2. The van der Waals surface area contributed by atoms with E-state index in [0.717, 1.165) is 25.3 Å². The molecule has 3 aromatic carbocycles. The largest absolute Gasteiger partial charge is 0.375 e. The van der Waals surface area contributed by atoms with Crippen molar-refractivity contribution in [2.75, 3.05) is 25.4 Å². The van der Waals surface area contributed by atoms with Gasteiger partial charge in [0, 0.05) is 30.4 Å². The van der Waals surface area contributed by atoms with Crippen molar-refractivity contribution in [3.05, 3.63) is 99.8 Å². The first-order valence-corrected chi connectivity index (χ1v) is 12.3. The molecule has 5 nitrogen and oxygen atoms in total. The molecule has 0 radical (unpaired) electrons. The van der Waals surface area contributed by atoms with Crippen LogP contribution in [-0.2, 0) is 11.3 Å². The second kappa shape index (κ2) is 10.1. The fourth-order valence-electron chi connectivity index (χ4n) is 4.07. The van der Waals surface area contributed by atoms with Crippen molar-refractivity contribution in [2.45, 2.75) is 17.8 Å². The van der Waals surface area contributed by atoms with Crippen LogP contribution in [0.3, 0.4) is 0 Å². The van der Waals surface area contributed by atoms with Crippen LogP contribution in [0.2, 0.25) is 5.02 Å². The SMILES string of the molecule is O=c1c2ccc(Cl)cc2nc(SC[C@@H]2CN(Cc3ccccc3)CCO2)n1-c1ccccc1. The standard InChI is InChI=1S/C26H24ClN3O2S/c27-20-11-12-23-24(15-20)28-26(30(25(23)31)21-9-5-2-6-10-21)33-18-22-17-29(13-14-32-22)16-19-7-3-1-4-8-19/h1-12,15,22H,13-14,16-18H2/t22-/m0/s1. The van der Waals surface area contributed by atoms with Crippen LogP contribution in [-0.4, -0.2) is 46.0 Å². The molecule has 0 spiro atoms. The fraction of sp³-hybridized carbons (Fsp3) is 0.231. The van der Waals surface area contributed by atoms with Gasteiger partial charge in [0.2, 0.25) is 0 Å². The number of nitrogens with zero attached hydrogens (tertiary/aromatic N) is 3. The van der Waals surface area contributed by atoms with Gasteiger partial charge in [0.15, 0.2) is 5.16 Å². The molecule has 0 aliphatic carbocycles. The van der Waals surface area contributed by atoms with E-state index in [1.54, 1.807) is 34.5 Å². The normalized spacial score (nSPS) is 16.8. The molecule has 4 aromatic rings. The van der Waals surface area contributed by atoms with Gasteiger partial charge in [-0.25, -0.2) is 4.98 Å². The number of morpholine rings is 1. The minimum atomic E-state index is -0.0966. The Morgan fingerprint density at radius 3 is 2.58 bits per heavy atom. The highest BCUT2D eigenvalue weighted by Gasteiger charge is 2.22. The lowest BCUT2D eigenvalue weighted by Gasteiger charge is -2.32. The average molecular weight is 478 g/mol. The van der Waals surface area contributed by atoms with Gasteiger partial charge in [0.1, 0.15) is 0 Å². The quantitative estimate of drug-likeness (QED) is 0.288. The second-order valence-electron chi connectivity index (χ2n) is 8.06. The molecule has 1 aliphatic heterocycles. The van der Waals surface area contributed by atoms with E-state index < -0.39 is 0 Å². The smallest absolute Gasteiger partial charge is 0.266 e. The number of hydrogen-bond acceptors (Lipinski definition) is 5. The summed E-state index contributed by atoms with van der Waals surface area (Å²) in [6.07, 6.45) is 0.0589. The Morgan fingerprint density at radius 2 is 1.79 bits per heavy atom. The third-order valence-corrected chi connectivity index (χ3v) is 6.99. The van der Waals surface area contributed by atoms with Crippen LogP contribution < -0.4 is 5.56 Å². The maximum Gasteiger partial charge on any atom is 0.266 e. The van der Waals surface area contributed by atoms with Gasteiger partial charge in [-0.1, -0.05) is 71.9 Å². The topological polar surface area (TPSA) is 47.4 Å². The first-order chi connectivity index (χ1) is 16.2. The summed E-state index contributed by atoms with van der Waals surface area (Å²) in [5.41, 5.74) is 2.61. The molecule has 33 heavy (non-hydrogen) atoms. The number of rotatable bonds is 6. The Labute approximate surface area is 202 Å². The number of thioether (sulfide) groups is 1. The van der Waals surface area contributed by atoms with Crippen molar-refractivity contribution in [1.82, 2.24) is 14.5 Å². The summed E-state index contributed by atoms with van der Waals surface area (Å²) in [7, 11) is 0. The Bertz CT molecular complexity index is 1300. The maximum absolute atomic E-state index is 13.4. The number of hydrogen-bond donors (Lipinski definition) is 0. The van der Waals surface area contributed by atoms with Gasteiger partial charge < -0.3 is 4.74 Å². The molecule has 1 saturated heterocycles. The minimum absolute atomic E-state index is 0.0589. The highest BCUT2D eigenvalue weighted by molar-refractivity contribution is 7.99. The number of halogens is 1. The predicted octanol–water partition coefficient (Wildman–Crippen LogP) is 5.03. The van der Waals surface area contributed by atoms with Gasteiger partial charge in [-0.3, -0.25) is 14.3 Å². The summed E-state index contributed by atoms with van der Waals surface area (Å²) in [6, 6.07) is 25.3. The van der Waals surface area contributed by atoms with E-state index in [-0.39, 0.29) is 11.7 Å². The number of fused-ring (bicyclic) bond motifs is 1. The molecule has 168 valence electrons. The van der Waals surface area contributed by atoms with Gasteiger partial charge in [0.25, 0.3) is 5.56 Å². The summed E-state index contributed by atoms with van der Waals surface area (Å²) in [6.45, 7) is 3.37. The molecule has 1 aliphatic rings. The van der Waals surface area contributed by atoms with Gasteiger partial charge in [-0.15, -0.1) is 0 Å². The molecule has 1 fully saturated rings. The van der Waals surface area contributed by atoms with E-state index >= 15 is 0 Å². The molecule has 0 bridgehead atoms. The zero-order valence-electron chi connectivity index (χ0n) is 18.1. The van der Waals surface area contributed by atoms with E-state index in [0.29, 0.717) is 33.4 Å². The molecule has 0 unspecified atom stereocenters. The van der Waals surface area contributed by atoms with Crippen LogP contribution in [0.4, 0.5) is 0 Å². The highest BCUT2D eigenvalue weighted by atomic mass is 35.5. The first-order valence-electron chi connectivity index (χ1n) is 11.0. The summed E-state index contributed by atoms with van der Waals surface area (Å²) >= 11 is 7.73. The van der Waals surface area contributed by atoms with Crippen molar-refractivity contribution in [1.29, 1.82) is 0 Å². The molecule has 7 heteroatoms. The van der Waals surface area contributed by atoms with E-state index in [2.05, 4.69) is 29.2 Å². The van der Waals surface area contributed by atoms with Crippen molar-refractivity contribution >= 4 is 34.3 Å². The van der Waals surface area contributed by atoms with Gasteiger partial charge in [0.05, 0.1) is 29.3 Å². The van der Waals surface area contributed by atoms with Gasteiger partial charge in [-0.05, 0) is 35.9 Å². The summed E-state index contributed by atoms with van der Waals surface area (Å²) in [5, 5.41) is 1.76. The zero-order chi connectivity index (χ0) is 22.6. The van der Waals surface area contributed by atoms with Crippen LogP contribution in [0.5, 0.6) is 0 Å². The number of ether oxygens (including phenoxy) is 1. The summed E-state index contributed by atoms with van der Waals surface area (Å²) in [4.78, 5) is 20.6. The van der Waals surface area contributed by atoms with Crippen LogP contribution in [0.1, 0.15) is 5.56 Å². The zero-order valence-corrected chi connectivity index (χ0v) is 19.6. The molecule has 0 amide bonds. The van der Waals surface area contributed by atoms with Crippen LogP contribution in [0.25, 0.3) is 16.6 Å². The molecule has 0 N–H and O–H groups in total. The number of para-hydroxylation sites is 1. The number of benzene rings is 3. The highest BCUT2D eigenvalue weighted by Crippen LogP contribution is 2.25. The monoisotopic (exact) mass is 477 g/mol. The lowest BCUT2D eigenvalue weighted by Crippen LogP contribution is -2.43. The molecule has 1 aromatic heterocycles. The predicted molar refractivity (Wildman–Crippen MR) is 135 cm³/mol. The fourth-order valence-corrected chi connectivity index (χ4v) is 5.26. The van der Waals surface area contributed by atoms with Crippen LogP contribution >= 0.6 is 23.4 Å². The number of aromatic nitrogens is 2. The summed E-state index contributed by atoms with van der Waals surface area (Å²) in [5.74, 6) is 0.705. The van der Waals surface area contributed by atoms with Crippen LogP contribution in [0.15, 0.2) is 88.8 Å². The molecular weight excluding hydrogens is 454 g/mol. The van der Waals surface area contributed by atoms with E-state index in [1.807, 2.05) is 36.4 Å². The lowest BCUT2D eigenvalue weighted by molar-refractivity contribution is -0.0187. The van der Waals surface area contributed by atoms with Gasteiger partial charge in [-0.2, -0.15) is 0 Å². The van der Waals surface area contributed by atoms with Crippen molar-refractivity contribution in [2.24, 2.45) is 0 Å². The minimum Gasteiger partial charge on any atom is -0.375 e. The molecule has 1 atom stereocenters. The summed E-state index contributed by atoms with van der Waals surface area (Å²) < 4.78 is 7.74. The van der Waals surface area contributed by atoms with Crippen LogP contribution in [0, 0.1) is 0 Å². The molecule has 5 rings (SSSR count). The Kier molecular flexibility index (Phi) is 6.78. The average Bonchev–Trinajstić information content (AvgIpc) is 2.84. The van der Waals surface area contributed by atoms with Gasteiger partial charge >= 0.3 is 0 Å². The molecule has 0 saturated carbocycles. The van der Waals surface area contributed by atoms with Crippen molar-refractivity contribution in [3.63, 3.8) is 0 Å². The maximum atomic E-state index is 13.4. The van der Waals surface area contributed by atoms with E-state index in [9.17, 15) is 4.79 Å².